The van der Waals surface area contributed by atoms with Crippen molar-refractivity contribution >= 4 is 39.9 Å². The Bertz CT molecular complexity index is 278. The van der Waals surface area contributed by atoms with Gasteiger partial charge in [-0.15, -0.1) is 12.4 Å². The zero-order chi connectivity index (χ0) is 9.14. The van der Waals surface area contributed by atoms with E-state index < -0.39 is 0 Å². The van der Waals surface area contributed by atoms with Gasteiger partial charge in [-0.05, 0) is 30.2 Å². The Kier molecular flexibility index (Phi) is 5.97. The van der Waals surface area contributed by atoms with Gasteiger partial charge in [0.25, 0.3) is 0 Å². The average Bonchev–Trinajstić information content (AvgIpc) is 2.08. The van der Waals surface area contributed by atoms with Gasteiger partial charge in [-0.25, -0.2) is 0 Å². The summed E-state index contributed by atoms with van der Waals surface area (Å²) in [6, 6.07) is 5.77. The van der Waals surface area contributed by atoms with E-state index >= 15 is 0 Å². The molecule has 0 amide bonds. The first-order valence-electron chi connectivity index (χ1n) is 3.85. The van der Waals surface area contributed by atoms with Gasteiger partial charge in [-0.2, -0.15) is 0 Å². The fraction of sp³-hybridized carbons (Fsp3) is 0.333. The third kappa shape index (κ3) is 3.47. The lowest BCUT2D eigenvalue weighted by atomic mass is 10.1. The summed E-state index contributed by atoms with van der Waals surface area (Å²) in [6.45, 7) is 2.04. The molecule has 0 saturated carbocycles. The second kappa shape index (κ2) is 5.86. The third-order valence-corrected chi connectivity index (χ3v) is 2.63. The molecule has 2 N–H and O–H groups in total. The van der Waals surface area contributed by atoms with Crippen molar-refractivity contribution in [2.45, 2.75) is 19.4 Å². The van der Waals surface area contributed by atoms with Gasteiger partial charge in [0.05, 0.1) is 0 Å². The number of nitrogens with two attached hydrogens (primary N) is 1. The van der Waals surface area contributed by atoms with Gasteiger partial charge in [0.15, 0.2) is 0 Å². The quantitative estimate of drug-likeness (QED) is 0.875. The summed E-state index contributed by atoms with van der Waals surface area (Å²) in [7, 11) is 0. The van der Waals surface area contributed by atoms with Crippen LogP contribution in [0, 0.1) is 0 Å². The highest BCUT2D eigenvalue weighted by atomic mass is 79.9. The molecule has 0 bridgehead atoms. The van der Waals surface area contributed by atoms with Gasteiger partial charge in [0.1, 0.15) is 0 Å². The van der Waals surface area contributed by atoms with Crippen LogP contribution in [0.4, 0.5) is 0 Å². The summed E-state index contributed by atoms with van der Waals surface area (Å²) in [5.74, 6) is 0. The van der Waals surface area contributed by atoms with Gasteiger partial charge in [-0.3, -0.25) is 0 Å². The van der Waals surface area contributed by atoms with Crippen molar-refractivity contribution in [3.63, 3.8) is 0 Å². The second-order valence-electron chi connectivity index (χ2n) is 2.68. The molecule has 0 radical (unpaired) electrons. The molecule has 0 aromatic heterocycles. The Morgan fingerprint density at radius 2 is 2.15 bits per heavy atom. The number of rotatable bonds is 2. The third-order valence-electron chi connectivity index (χ3n) is 1.80. The van der Waals surface area contributed by atoms with E-state index in [0.717, 1.165) is 21.5 Å². The number of hydrogen-bond donors (Lipinski definition) is 1. The molecule has 1 aromatic carbocycles. The zero-order valence-corrected chi connectivity index (χ0v) is 10.4. The van der Waals surface area contributed by atoms with E-state index in [1.54, 1.807) is 0 Å². The first kappa shape index (κ1) is 13.2. The molecule has 1 atom stereocenters. The molecule has 0 spiro atoms. The Hall–Kier alpha value is 0.240. The van der Waals surface area contributed by atoms with Crippen LogP contribution in [0.3, 0.4) is 0 Å². The van der Waals surface area contributed by atoms with Gasteiger partial charge in [0, 0.05) is 15.5 Å². The standard InChI is InChI=1S/C9H11BrClN.ClH/c1-2-9(12)7-5-6(10)3-4-8(7)11;/h3-5,9H,2,12H2,1H3;1H/t9-;/m1./s1. The van der Waals surface area contributed by atoms with Crippen molar-refractivity contribution < 1.29 is 0 Å². The fourth-order valence-electron chi connectivity index (χ4n) is 1.02. The van der Waals surface area contributed by atoms with E-state index in [2.05, 4.69) is 15.9 Å². The van der Waals surface area contributed by atoms with Crippen molar-refractivity contribution in [1.29, 1.82) is 0 Å². The van der Waals surface area contributed by atoms with Crippen LogP contribution in [-0.2, 0) is 0 Å². The monoisotopic (exact) mass is 283 g/mol. The Morgan fingerprint density at radius 3 is 2.69 bits per heavy atom. The van der Waals surface area contributed by atoms with Crippen molar-refractivity contribution in [3.05, 3.63) is 33.3 Å². The molecule has 1 aromatic rings. The van der Waals surface area contributed by atoms with Gasteiger partial charge >= 0.3 is 0 Å². The minimum Gasteiger partial charge on any atom is -0.324 e. The lowest BCUT2D eigenvalue weighted by Crippen LogP contribution is -2.08. The van der Waals surface area contributed by atoms with Crippen LogP contribution in [0.25, 0.3) is 0 Å². The molecule has 13 heavy (non-hydrogen) atoms. The molecule has 4 heteroatoms. The Labute approximate surface area is 98.2 Å². The van der Waals surface area contributed by atoms with E-state index in [0.29, 0.717) is 0 Å². The summed E-state index contributed by atoms with van der Waals surface area (Å²) in [6.07, 6.45) is 0.899. The molecule has 0 saturated heterocycles. The second-order valence-corrected chi connectivity index (χ2v) is 4.00. The highest BCUT2D eigenvalue weighted by molar-refractivity contribution is 9.10. The highest BCUT2D eigenvalue weighted by Gasteiger charge is 2.07. The first-order valence-corrected chi connectivity index (χ1v) is 5.02. The van der Waals surface area contributed by atoms with Crippen LogP contribution >= 0.6 is 39.9 Å². The predicted octanol–water partition coefficient (Wildman–Crippen LogP) is 3.93. The lowest BCUT2D eigenvalue weighted by molar-refractivity contribution is 0.698. The SMILES string of the molecule is CC[C@@H](N)c1cc(Br)ccc1Cl.Cl. The molecular formula is C9H12BrCl2N. The molecule has 0 unspecified atom stereocenters. The first-order chi connectivity index (χ1) is 5.65. The van der Waals surface area contributed by atoms with Crippen LogP contribution in [0.2, 0.25) is 5.02 Å². The molecule has 0 aliphatic heterocycles. The highest BCUT2D eigenvalue weighted by Crippen LogP contribution is 2.26. The van der Waals surface area contributed by atoms with Crippen molar-refractivity contribution in [2.24, 2.45) is 5.73 Å². The maximum atomic E-state index is 5.97. The zero-order valence-electron chi connectivity index (χ0n) is 7.26. The van der Waals surface area contributed by atoms with E-state index in [4.69, 9.17) is 17.3 Å². The number of benzene rings is 1. The van der Waals surface area contributed by atoms with Crippen LogP contribution in [0.5, 0.6) is 0 Å². The molecule has 1 rings (SSSR count). The summed E-state index contributed by atoms with van der Waals surface area (Å²) in [5, 5.41) is 0.743. The largest absolute Gasteiger partial charge is 0.324 e. The molecule has 0 heterocycles. The van der Waals surface area contributed by atoms with Gasteiger partial charge < -0.3 is 5.73 Å². The van der Waals surface area contributed by atoms with Crippen molar-refractivity contribution in [2.75, 3.05) is 0 Å². The average molecular weight is 285 g/mol. The van der Waals surface area contributed by atoms with Crippen molar-refractivity contribution in [3.8, 4) is 0 Å². The fourth-order valence-corrected chi connectivity index (χ4v) is 1.66. The number of halogens is 3. The number of hydrogen-bond acceptors (Lipinski definition) is 1. The van der Waals surface area contributed by atoms with Crippen molar-refractivity contribution in [1.82, 2.24) is 0 Å². The maximum Gasteiger partial charge on any atom is 0.0454 e. The van der Waals surface area contributed by atoms with Crippen LogP contribution in [-0.4, -0.2) is 0 Å². The normalized spacial score (nSPS) is 12.0. The van der Waals surface area contributed by atoms with Gasteiger partial charge in [-0.1, -0.05) is 34.5 Å². The van der Waals surface area contributed by atoms with Gasteiger partial charge in [0.2, 0.25) is 0 Å². The molecule has 0 fully saturated rings. The topological polar surface area (TPSA) is 26.0 Å². The summed E-state index contributed by atoms with van der Waals surface area (Å²) in [5.41, 5.74) is 6.87. The van der Waals surface area contributed by atoms with E-state index in [1.807, 2.05) is 25.1 Å². The summed E-state index contributed by atoms with van der Waals surface area (Å²) < 4.78 is 1.02. The predicted molar refractivity (Wildman–Crippen MR) is 63.6 cm³/mol. The van der Waals surface area contributed by atoms with Crippen LogP contribution in [0.15, 0.2) is 22.7 Å². The minimum atomic E-state index is 0. The summed E-state index contributed by atoms with van der Waals surface area (Å²) in [4.78, 5) is 0. The smallest absolute Gasteiger partial charge is 0.0454 e. The minimum absolute atomic E-state index is 0. The molecular weight excluding hydrogens is 273 g/mol. The molecule has 0 aliphatic rings. The molecule has 0 aliphatic carbocycles. The Morgan fingerprint density at radius 1 is 1.54 bits per heavy atom. The molecule has 74 valence electrons. The lowest BCUT2D eigenvalue weighted by Gasteiger charge is -2.11. The summed E-state index contributed by atoms with van der Waals surface area (Å²) >= 11 is 9.35. The Balaban J connectivity index is 0.00000144. The molecule has 1 nitrogen and oxygen atoms in total. The van der Waals surface area contributed by atoms with Crippen LogP contribution in [0.1, 0.15) is 24.9 Å². The van der Waals surface area contributed by atoms with Crippen LogP contribution < -0.4 is 5.73 Å². The van der Waals surface area contributed by atoms with E-state index in [1.165, 1.54) is 0 Å². The maximum absolute atomic E-state index is 5.97. The van der Waals surface area contributed by atoms with E-state index in [-0.39, 0.29) is 18.4 Å². The van der Waals surface area contributed by atoms with E-state index in [9.17, 15) is 0 Å².